The van der Waals surface area contributed by atoms with Gasteiger partial charge in [0.1, 0.15) is 0 Å². The van der Waals surface area contributed by atoms with E-state index in [0.717, 1.165) is 38.4 Å². The molecular formula is C12H22O2. The maximum absolute atomic E-state index is 10.1. The molecule has 1 heterocycles. The first-order valence-electron chi connectivity index (χ1n) is 6.12. The number of hydrogen-bond acceptors (Lipinski definition) is 2. The molecule has 82 valence electrons. The Labute approximate surface area is 86.6 Å². The Kier molecular flexibility index (Phi) is 3.82. The molecule has 2 atom stereocenters. The van der Waals surface area contributed by atoms with Crippen molar-refractivity contribution in [2.75, 3.05) is 13.2 Å². The van der Waals surface area contributed by atoms with Crippen LogP contribution < -0.4 is 0 Å². The van der Waals surface area contributed by atoms with Crippen molar-refractivity contribution < 1.29 is 9.84 Å². The van der Waals surface area contributed by atoms with Crippen LogP contribution >= 0.6 is 0 Å². The highest BCUT2D eigenvalue weighted by atomic mass is 16.5. The molecule has 0 aromatic heterocycles. The highest BCUT2D eigenvalue weighted by Crippen LogP contribution is 2.31. The van der Waals surface area contributed by atoms with Gasteiger partial charge in [-0.1, -0.05) is 25.7 Å². The molecule has 0 aromatic carbocycles. The lowest BCUT2D eigenvalue weighted by molar-refractivity contribution is -0.0173. The molecule has 1 aliphatic carbocycles. The number of aliphatic hydroxyl groups excluding tert-OH is 1. The van der Waals surface area contributed by atoms with Gasteiger partial charge in [-0.2, -0.15) is 0 Å². The van der Waals surface area contributed by atoms with Crippen molar-refractivity contribution in [3.05, 3.63) is 0 Å². The van der Waals surface area contributed by atoms with Crippen LogP contribution in [0.15, 0.2) is 0 Å². The molecule has 2 fully saturated rings. The summed E-state index contributed by atoms with van der Waals surface area (Å²) in [6.07, 6.45) is 8.64. The topological polar surface area (TPSA) is 29.5 Å². The molecule has 2 unspecified atom stereocenters. The maximum Gasteiger partial charge on any atom is 0.0593 e. The van der Waals surface area contributed by atoms with Crippen molar-refractivity contribution >= 4 is 0 Å². The number of ether oxygens (including phenoxy) is 1. The molecule has 14 heavy (non-hydrogen) atoms. The zero-order chi connectivity index (χ0) is 9.80. The second-order valence-corrected chi connectivity index (χ2v) is 4.93. The summed E-state index contributed by atoms with van der Waals surface area (Å²) >= 11 is 0. The van der Waals surface area contributed by atoms with Crippen LogP contribution in [0.4, 0.5) is 0 Å². The van der Waals surface area contributed by atoms with E-state index in [-0.39, 0.29) is 6.10 Å². The molecule has 1 aliphatic heterocycles. The highest BCUT2D eigenvalue weighted by molar-refractivity contribution is 4.77. The Morgan fingerprint density at radius 1 is 1.14 bits per heavy atom. The Balaban J connectivity index is 1.72. The van der Waals surface area contributed by atoms with E-state index in [1.165, 1.54) is 25.7 Å². The molecule has 0 spiro atoms. The summed E-state index contributed by atoms with van der Waals surface area (Å²) in [5.41, 5.74) is 0. The summed E-state index contributed by atoms with van der Waals surface area (Å²) < 4.78 is 5.41. The van der Waals surface area contributed by atoms with Gasteiger partial charge in [-0.25, -0.2) is 0 Å². The fourth-order valence-corrected chi connectivity index (χ4v) is 2.85. The average Bonchev–Trinajstić information content (AvgIpc) is 2.72. The maximum atomic E-state index is 10.1. The molecule has 2 aliphatic rings. The average molecular weight is 198 g/mol. The molecular weight excluding hydrogens is 176 g/mol. The molecule has 0 aromatic rings. The van der Waals surface area contributed by atoms with Crippen molar-refractivity contribution in [1.82, 2.24) is 0 Å². The quantitative estimate of drug-likeness (QED) is 0.754. The minimum Gasteiger partial charge on any atom is -0.393 e. The summed E-state index contributed by atoms with van der Waals surface area (Å²) in [4.78, 5) is 0. The second-order valence-electron chi connectivity index (χ2n) is 4.93. The first-order valence-corrected chi connectivity index (χ1v) is 6.12. The zero-order valence-corrected chi connectivity index (χ0v) is 8.95. The van der Waals surface area contributed by atoms with Gasteiger partial charge in [0.2, 0.25) is 0 Å². The minimum absolute atomic E-state index is 0.0987. The van der Waals surface area contributed by atoms with Crippen molar-refractivity contribution in [1.29, 1.82) is 0 Å². The smallest absolute Gasteiger partial charge is 0.0593 e. The molecule has 1 saturated heterocycles. The van der Waals surface area contributed by atoms with E-state index >= 15 is 0 Å². The van der Waals surface area contributed by atoms with Crippen molar-refractivity contribution in [3.8, 4) is 0 Å². The first-order chi connectivity index (χ1) is 6.86. The molecule has 2 heteroatoms. The Morgan fingerprint density at radius 3 is 2.57 bits per heavy atom. The van der Waals surface area contributed by atoms with Crippen LogP contribution in [0, 0.1) is 11.8 Å². The number of hydrogen-bond donors (Lipinski definition) is 1. The van der Waals surface area contributed by atoms with E-state index in [9.17, 15) is 5.11 Å². The Bertz CT molecular complexity index is 158. The van der Waals surface area contributed by atoms with Crippen molar-refractivity contribution in [2.45, 2.75) is 51.0 Å². The van der Waals surface area contributed by atoms with Gasteiger partial charge in [-0.05, 0) is 25.2 Å². The van der Waals surface area contributed by atoms with Gasteiger partial charge in [-0.15, -0.1) is 0 Å². The zero-order valence-electron chi connectivity index (χ0n) is 8.95. The lowest BCUT2D eigenvalue weighted by atomic mass is 9.88. The van der Waals surface area contributed by atoms with Crippen LogP contribution in [0.1, 0.15) is 44.9 Å². The molecule has 1 saturated carbocycles. The normalized spacial score (nSPS) is 31.9. The minimum atomic E-state index is -0.0987. The van der Waals surface area contributed by atoms with Crippen LogP contribution in [0.2, 0.25) is 0 Å². The summed E-state index contributed by atoms with van der Waals surface area (Å²) in [5.74, 6) is 1.22. The van der Waals surface area contributed by atoms with E-state index in [0.29, 0.717) is 5.92 Å². The van der Waals surface area contributed by atoms with E-state index in [1.807, 2.05) is 0 Å². The summed E-state index contributed by atoms with van der Waals surface area (Å²) in [5, 5.41) is 10.1. The predicted molar refractivity (Wildman–Crippen MR) is 56.1 cm³/mol. The molecule has 0 amide bonds. The largest absolute Gasteiger partial charge is 0.393 e. The predicted octanol–water partition coefficient (Wildman–Crippen LogP) is 2.35. The van der Waals surface area contributed by atoms with E-state index in [4.69, 9.17) is 4.74 Å². The molecule has 1 N–H and O–H groups in total. The summed E-state index contributed by atoms with van der Waals surface area (Å²) in [6.45, 7) is 1.68. The highest BCUT2D eigenvalue weighted by Gasteiger charge is 2.26. The fourth-order valence-electron chi connectivity index (χ4n) is 2.85. The van der Waals surface area contributed by atoms with Gasteiger partial charge < -0.3 is 9.84 Å². The van der Waals surface area contributed by atoms with Gasteiger partial charge in [-0.3, -0.25) is 0 Å². The van der Waals surface area contributed by atoms with E-state index < -0.39 is 0 Å². The lowest BCUT2D eigenvalue weighted by Gasteiger charge is -2.28. The van der Waals surface area contributed by atoms with Crippen LogP contribution in [0.5, 0.6) is 0 Å². The van der Waals surface area contributed by atoms with Gasteiger partial charge in [0.15, 0.2) is 0 Å². The standard InChI is InChI=1S/C12H22O2/c13-12(8-10-4-1-2-5-10)11-6-3-7-14-9-11/h10-13H,1-9H2. The Morgan fingerprint density at radius 2 is 1.93 bits per heavy atom. The third kappa shape index (κ3) is 2.71. The monoisotopic (exact) mass is 198 g/mol. The van der Waals surface area contributed by atoms with E-state index in [1.54, 1.807) is 0 Å². The molecule has 2 nitrogen and oxygen atoms in total. The molecule has 2 rings (SSSR count). The van der Waals surface area contributed by atoms with Gasteiger partial charge >= 0.3 is 0 Å². The van der Waals surface area contributed by atoms with Crippen molar-refractivity contribution in [3.63, 3.8) is 0 Å². The van der Waals surface area contributed by atoms with Crippen LogP contribution in [0.25, 0.3) is 0 Å². The van der Waals surface area contributed by atoms with Gasteiger partial charge in [0.25, 0.3) is 0 Å². The third-order valence-electron chi connectivity index (χ3n) is 3.79. The molecule has 0 radical (unpaired) electrons. The SMILES string of the molecule is OC(CC1CCCC1)C1CCCOC1. The van der Waals surface area contributed by atoms with Crippen LogP contribution in [0.3, 0.4) is 0 Å². The number of rotatable bonds is 3. The summed E-state index contributed by atoms with van der Waals surface area (Å²) in [7, 11) is 0. The number of aliphatic hydroxyl groups is 1. The lowest BCUT2D eigenvalue weighted by Crippen LogP contribution is -2.30. The fraction of sp³-hybridized carbons (Fsp3) is 1.00. The van der Waals surface area contributed by atoms with E-state index in [2.05, 4.69) is 0 Å². The summed E-state index contributed by atoms with van der Waals surface area (Å²) in [6, 6.07) is 0. The second kappa shape index (κ2) is 5.13. The first kappa shape index (κ1) is 10.4. The Hall–Kier alpha value is -0.0800. The molecule has 0 bridgehead atoms. The van der Waals surface area contributed by atoms with Crippen LogP contribution in [-0.2, 0) is 4.74 Å². The van der Waals surface area contributed by atoms with Gasteiger partial charge in [0, 0.05) is 12.5 Å². The third-order valence-corrected chi connectivity index (χ3v) is 3.79. The van der Waals surface area contributed by atoms with Gasteiger partial charge in [0.05, 0.1) is 12.7 Å². The van der Waals surface area contributed by atoms with Crippen molar-refractivity contribution in [2.24, 2.45) is 11.8 Å². The van der Waals surface area contributed by atoms with Crippen LogP contribution in [-0.4, -0.2) is 24.4 Å².